The maximum absolute atomic E-state index is 10.5. The predicted octanol–water partition coefficient (Wildman–Crippen LogP) is 29.2. The number of para-hydroxylation sites is 6. The number of rotatable bonds is 12. The number of nitriles is 3. The van der Waals surface area contributed by atoms with Crippen molar-refractivity contribution in [3.8, 4) is 138 Å². The van der Waals surface area contributed by atoms with Gasteiger partial charge in [-0.05, 0) is 127 Å². The van der Waals surface area contributed by atoms with Gasteiger partial charge in [-0.25, -0.2) is 44.9 Å². The topological polar surface area (TPSA) is 242 Å². The number of benzene rings is 18. The maximum atomic E-state index is 10.5. The lowest BCUT2D eigenvalue weighted by Crippen LogP contribution is -2.02. The number of nitrogens with zero attached hydrogens (tertiary/aromatic N) is 15. The molecule has 0 aliphatic rings. The molecule has 18 heteroatoms. The lowest BCUT2D eigenvalue weighted by Gasteiger charge is -2.12. The van der Waals surface area contributed by atoms with E-state index in [2.05, 4.69) is 123 Å². The molecule has 0 saturated carbocycles. The Hall–Kier alpha value is -19.7. The number of fused-ring (bicyclic) bond motifs is 20. The van der Waals surface area contributed by atoms with Crippen LogP contribution in [0.5, 0.6) is 0 Å². The molecule has 0 atom stereocenters. The zero-order valence-electron chi connectivity index (χ0n) is 73.3. The fraction of sp³-hybridized carbons (Fsp3) is 0. The van der Waals surface area contributed by atoms with Crippen molar-refractivity contribution in [2.45, 2.75) is 0 Å². The van der Waals surface area contributed by atoms with Gasteiger partial charge in [0.15, 0.2) is 52.4 Å². The van der Waals surface area contributed by atoms with E-state index < -0.39 is 0 Å². The monoisotopic (exact) mass is 1770 g/mol. The molecule has 0 aliphatic carbocycles. The Balaban J connectivity index is 0.000000110. The van der Waals surface area contributed by atoms with Crippen LogP contribution in [0.2, 0.25) is 0 Å². The van der Waals surface area contributed by atoms with E-state index in [-0.39, 0.29) is 0 Å². The summed E-state index contributed by atoms with van der Waals surface area (Å²) in [7, 11) is 0. The SMILES string of the molecule is N#Cc1cc(-c2nc(-c3ccccc3)nc(-c3ccccc3)n2)ccc1-n1c2ccccc2c2c3c(ccc21)oc1ccccc13.N#Cc1cc(-c2nc(-c3ccccc3)nc(-c3ccccc3)n2)ccc1-n1c2ccccc2c2c3oc4ccccc4c3ccc21.N#Cc1cc(-c2nc(-c3ccccc3)nc(-c3ccccc3)n2)ccc1-n1c2ccccc2c2cc3oc4ccccc4c3cc21. The molecule has 18 nitrogen and oxygen atoms in total. The summed E-state index contributed by atoms with van der Waals surface area (Å²) in [5, 5.41) is 44.5. The van der Waals surface area contributed by atoms with Gasteiger partial charge in [0.2, 0.25) is 0 Å². The Morgan fingerprint density at radius 1 is 0.174 bits per heavy atom. The van der Waals surface area contributed by atoms with Crippen LogP contribution >= 0.6 is 0 Å². The summed E-state index contributed by atoms with van der Waals surface area (Å²) in [5.41, 5.74) is 22.5. The maximum Gasteiger partial charge on any atom is 0.164 e. The normalized spacial score (nSPS) is 11.5. The Bertz CT molecular complexity index is 9340. The molecule has 18 aromatic carbocycles. The molecule has 642 valence electrons. The van der Waals surface area contributed by atoms with Crippen molar-refractivity contribution in [3.63, 3.8) is 0 Å². The minimum absolute atomic E-state index is 0.502. The van der Waals surface area contributed by atoms with Crippen LogP contribution < -0.4 is 0 Å². The van der Waals surface area contributed by atoms with E-state index in [0.29, 0.717) is 69.1 Å². The van der Waals surface area contributed by atoms with Gasteiger partial charge in [0.25, 0.3) is 0 Å². The van der Waals surface area contributed by atoms with Gasteiger partial charge in [-0.15, -0.1) is 0 Å². The van der Waals surface area contributed by atoms with E-state index in [1.165, 1.54) is 0 Å². The quantitative estimate of drug-likeness (QED) is 0.110. The van der Waals surface area contributed by atoms with E-state index >= 15 is 0 Å². The van der Waals surface area contributed by atoms with Gasteiger partial charge in [-0.1, -0.05) is 291 Å². The Morgan fingerprint density at radius 3 is 0.877 bits per heavy atom. The zero-order valence-corrected chi connectivity index (χ0v) is 73.3. The number of furan rings is 3. The van der Waals surface area contributed by atoms with Crippen molar-refractivity contribution in [3.05, 3.63) is 435 Å². The summed E-state index contributed by atoms with van der Waals surface area (Å²) in [6, 6.07) is 146. The van der Waals surface area contributed by atoms with Crippen LogP contribution in [0.3, 0.4) is 0 Å². The van der Waals surface area contributed by atoms with Gasteiger partial charge in [0.1, 0.15) is 51.7 Å². The molecule has 9 aromatic heterocycles. The molecule has 0 N–H and O–H groups in total. The lowest BCUT2D eigenvalue weighted by molar-refractivity contribution is 0.669. The largest absolute Gasteiger partial charge is 0.456 e. The molecule has 0 radical (unpaired) electrons. The smallest absolute Gasteiger partial charge is 0.164 e. The molecule has 27 aromatic rings. The zero-order chi connectivity index (χ0) is 91.8. The van der Waals surface area contributed by atoms with E-state index in [4.69, 9.17) is 58.1 Å². The third kappa shape index (κ3) is 13.9. The van der Waals surface area contributed by atoms with E-state index in [0.717, 1.165) is 198 Å². The summed E-state index contributed by atoms with van der Waals surface area (Å²) >= 11 is 0. The van der Waals surface area contributed by atoms with Crippen LogP contribution in [-0.4, -0.2) is 58.6 Å². The second-order valence-electron chi connectivity index (χ2n) is 33.5. The van der Waals surface area contributed by atoms with Gasteiger partial charge in [0, 0.05) is 109 Å². The van der Waals surface area contributed by atoms with E-state index in [9.17, 15) is 15.8 Å². The molecule has 0 aliphatic heterocycles. The molecule has 0 bridgehead atoms. The van der Waals surface area contributed by atoms with E-state index in [1.54, 1.807) is 0 Å². The van der Waals surface area contributed by atoms with Crippen LogP contribution in [0.15, 0.2) is 432 Å². The van der Waals surface area contributed by atoms with Crippen LogP contribution in [0.25, 0.3) is 251 Å². The highest BCUT2D eigenvalue weighted by molar-refractivity contribution is 6.28. The Kier molecular flexibility index (Phi) is 19.5. The van der Waals surface area contributed by atoms with Gasteiger partial charge in [-0.2, -0.15) is 15.8 Å². The molecule has 0 unspecified atom stereocenters. The van der Waals surface area contributed by atoms with Gasteiger partial charge >= 0.3 is 0 Å². The fourth-order valence-electron chi connectivity index (χ4n) is 19.2. The summed E-state index contributed by atoms with van der Waals surface area (Å²) in [6.45, 7) is 0. The third-order valence-electron chi connectivity index (χ3n) is 25.5. The number of aromatic nitrogens is 12. The van der Waals surface area contributed by atoms with Crippen LogP contribution in [0.1, 0.15) is 16.7 Å². The highest BCUT2D eigenvalue weighted by Crippen LogP contribution is 2.47. The van der Waals surface area contributed by atoms with Crippen molar-refractivity contribution < 1.29 is 13.3 Å². The second-order valence-corrected chi connectivity index (χ2v) is 33.5. The highest BCUT2D eigenvalue weighted by atomic mass is 16.3. The lowest BCUT2D eigenvalue weighted by atomic mass is 10.1. The van der Waals surface area contributed by atoms with Crippen molar-refractivity contribution in [2.75, 3.05) is 0 Å². The van der Waals surface area contributed by atoms with Gasteiger partial charge in [0.05, 0.1) is 72.2 Å². The first-order chi connectivity index (χ1) is 68.3. The van der Waals surface area contributed by atoms with Crippen molar-refractivity contribution in [1.29, 1.82) is 15.8 Å². The average molecular weight is 1770 g/mol. The average Bonchev–Trinajstić information content (AvgIpc) is 1.55. The second kappa shape index (κ2) is 33.6. The summed E-state index contributed by atoms with van der Waals surface area (Å²) in [4.78, 5) is 43.7. The van der Waals surface area contributed by atoms with Crippen molar-refractivity contribution in [1.82, 2.24) is 58.6 Å². The Labute approximate surface area is 786 Å². The first-order valence-electron chi connectivity index (χ1n) is 45.1. The molecule has 138 heavy (non-hydrogen) atoms. The van der Waals surface area contributed by atoms with Crippen LogP contribution in [-0.2, 0) is 0 Å². The molecule has 27 rings (SSSR count). The third-order valence-corrected chi connectivity index (χ3v) is 25.5. The van der Waals surface area contributed by atoms with Crippen LogP contribution in [0, 0.1) is 34.0 Å². The standard InChI is InChI=1S/3C40H23N5O/c41-24-28-23-27(40-43-38(25-11-3-1-4-12-25)42-39(44-40)26-13-5-2-6-14-26)19-21-32(28)45-33-17-9-7-16-31(33)36-34(45)22-20-30-29-15-8-10-18-35(29)46-37(30)36;41-24-28-21-27(40-43-38(25-11-3-1-4-12-25)42-39(44-40)26-13-5-2-6-14-26)19-20-33(28)45-34-17-9-7-15-29(34)31-23-37-32(22-35(31)45)30-16-8-10-18-36(30)46-37;41-24-28-23-27(40-43-38(25-11-3-1-4-12-25)42-39(44-40)26-13-5-2-6-14-26)19-20-31(28)45-32-17-9-7-15-29(32)36-33(45)21-22-35-37(36)30-16-8-10-18-34(30)46-35/h3*1-23H. The van der Waals surface area contributed by atoms with E-state index in [1.807, 2.05) is 328 Å². The summed E-state index contributed by atoms with van der Waals surface area (Å²) < 4.78 is 25.4. The highest BCUT2D eigenvalue weighted by Gasteiger charge is 2.27. The molecule has 9 heterocycles. The molecular weight excluding hydrogens is 1700 g/mol. The minimum Gasteiger partial charge on any atom is -0.456 e. The van der Waals surface area contributed by atoms with Gasteiger partial charge in [-0.3, -0.25) is 0 Å². The first kappa shape index (κ1) is 80.3. The Morgan fingerprint density at radius 2 is 0.471 bits per heavy atom. The fourth-order valence-corrected chi connectivity index (χ4v) is 19.2. The predicted molar refractivity (Wildman–Crippen MR) is 547 cm³/mol. The summed E-state index contributed by atoms with van der Waals surface area (Å²) in [6.07, 6.45) is 0. The molecular formula is C120H69N15O3. The van der Waals surface area contributed by atoms with Crippen LogP contribution in [0.4, 0.5) is 0 Å². The van der Waals surface area contributed by atoms with Gasteiger partial charge < -0.3 is 27.0 Å². The number of hydrogen-bond acceptors (Lipinski definition) is 15. The van der Waals surface area contributed by atoms with Crippen molar-refractivity contribution in [2.24, 2.45) is 0 Å². The first-order valence-corrected chi connectivity index (χ1v) is 45.1. The molecule has 0 saturated heterocycles. The van der Waals surface area contributed by atoms with Crippen molar-refractivity contribution >= 4 is 131 Å². The molecule has 0 amide bonds. The number of hydrogen-bond donors (Lipinski definition) is 0. The summed E-state index contributed by atoms with van der Waals surface area (Å²) in [5.74, 6) is 4.96. The molecule has 0 spiro atoms. The minimum atomic E-state index is 0.502. The molecule has 0 fully saturated rings.